The molecule has 0 aromatic carbocycles. The first-order valence-corrected chi connectivity index (χ1v) is 4.51. The van der Waals surface area contributed by atoms with E-state index < -0.39 is 11.2 Å². The Morgan fingerprint density at radius 2 is 2.13 bits per heavy atom. The molecule has 2 rings (SSSR count). The molecule has 0 atom stereocenters. The van der Waals surface area contributed by atoms with E-state index in [1.165, 1.54) is 0 Å². The first kappa shape index (κ1) is 9.72. The third-order valence-corrected chi connectivity index (χ3v) is 2.24. The highest BCUT2D eigenvalue weighted by Gasteiger charge is 2.13. The van der Waals surface area contributed by atoms with E-state index in [-0.39, 0.29) is 10.8 Å². The summed E-state index contributed by atoms with van der Waals surface area (Å²) >= 11 is 5.76. The zero-order valence-corrected chi connectivity index (χ0v) is 8.58. The highest BCUT2D eigenvalue weighted by molar-refractivity contribution is 6.31. The summed E-state index contributed by atoms with van der Waals surface area (Å²) in [5.74, 6) is 0.256. The zero-order valence-electron chi connectivity index (χ0n) is 7.82. The summed E-state index contributed by atoms with van der Waals surface area (Å²) in [6.45, 7) is 0. The van der Waals surface area contributed by atoms with Crippen molar-refractivity contribution < 1.29 is 4.57 Å². The van der Waals surface area contributed by atoms with Gasteiger partial charge in [-0.15, -0.1) is 0 Å². The van der Waals surface area contributed by atoms with Crippen molar-refractivity contribution in [2.45, 2.75) is 0 Å². The van der Waals surface area contributed by atoms with Crippen molar-refractivity contribution >= 4 is 11.6 Å². The van der Waals surface area contributed by atoms with Gasteiger partial charge in [0, 0.05) is 0 Å². The normalized spacial score (nSPS) is 10.5. The van der Waals surface area contributed by atoms with Crippen LogP contribution in [0.25, 0.3) is 5.82 Å². The van der Waals surface area contributed by atoms with Gasteiger partial charge in [0.2, 0.25) is 12.1 Å². The van der Waals surface area contributed by atoms with E-state index in [0.717, 1.165) is 0 Å². The van der Waals surface area contributed by atoms with Crippen LogP contribution in [0.1, 0.15) is 0 Å². The lowest BCUT2D eigenvalue weighted by atomic mass is 10.5. The van der Waals surface area contributed by atoms with Gasteiger partial charge in [0.15, 0.2) is 5.02 Å². The number of aryl methyl sites for hydroxylation is 1. The van der Waals surface area contributed by atoms with Crippen LogP contribution < -0.4 is 15.8 Å². The molecule has 2 N–H and O–H groups in total. The predicted octanol–water partition coefficient (Wildman–Crippen LogP) is -0.668. The summed E-state index contributed by atoms with van der Waals surface area (Å²) in [6.07, 6.45) is 5.11. The number of hydrogen-bond acceptors (Lipinski definition) is 2. The van der Waals surface area contributed by atoms with Gasteiger partial charge in [0.25, 0.3) is 5.56 Å². The standard InChI is InChI=1S/C8H7ClN4O2/c1-12-2-3-13(4-12)6-5(9)7(14)11-8(15)10-6/h2-4H,1H3,(H-,10,11,14,15)/p+1. The summed E-state index contributed by atoms with van der Waals surface area (Å²) in [7, 11) is 1.82. The van der Waals surface area contributed by atoms with Crippen LogP contribution in [0.5, 0.6) is 0 Å². The first-order chi connectivity index (χ1) is 7.08. The maximum Gasteiger partial charge on any atom is 0.328 e. The molecule has 0 saturated heterocycles. The number of nitrogens with one attached hydrogen (secondary N) is 2. The Bertz CT molecular complexity index is 610. The van der Waals surface area contributed by atoms with Crippen molar-refractivity contribution in [3.8, 4) is 5.82 Å². The van der Waals surface area contributed by atoms with Crippen LogP contribution in [-0.4, -0.2) is 14.5 Å². The van der Waals surface area contributed by atoms with Crippen molar-refractivity contribution in [1.29, 1.82) is 0 Å². The Labute approximate surface area is 88.8 Å². The van der Waals surface area contributed by atoms with Gasteiger partial charge in [-0.2, -0.15) is 4.57 Å². The second-order valence-electron chi connectivity index (χ2n) is 3.06. The van der Waals surface area contributed by atoms with Crippen LogP contribution in [-0.2, 0) is 7.05 Å². The minimum Gasteiger partial charge on any atom is -0.273 e. The largest absolute Gasteiger partial charge is 0.328 e. The van der Waals surface area contributed by atoms with Gasteiger partial charge in [-0.1, -0.05) is 11.6 Å². The molecule has 0 aliphatic rings. The number of aromatic amines is 2. The molecule has 0 fully saturated rings. The Morgan fingerprint density at radius 3 is 2.73 bits per heavy atom. The average molecular weight is 228 g/mol. The number of hydrogen-bond donors (Lipinski definition) is 2. The van der Waals surface area contributed by atoms with Gasteiger partial charge in [-0.25, -0.2) is 9.36 Å². The van der Waals surface area contributed by atoms with Crippen molar-refractivity contribution in [3.05, 3.63) is 44.6 Å². The molecule has 15 heavy (non-hydrogen) atoms. The lowest BCUT2D eigenvalue weighted by molar-refractivity contribution is -0.670. The molecule has 2 heterocycles. The van der Waals surface area contributed by atoms with Crippen LogP contribution in [0.15, 0.2) is 28.3 Å². The number of aromatic nitrogens is 4. The van der Waals surface area contributed by atoms with Gasteiger partial charge >= 0.3 is 5.69 Å². The number of nitrogens with zero attached hydrogens (tertiary/aromatic N) is 2. The molecule has 7 heteroatoms. The van der Waals surface area contributed by atoms with Gasteiger partial charge < -0.3 is 0 Å². The SMILES string of the molecule is C[n+]1ccn(-c2[nH]c(=O)[nH]c(=O)c2Cl)c1. The number of imidazole rings is 1. The van der Waals surface area contributed by atoms with Gasteiger partial charge in [0.1, 0.15) is 12.4 Å². The number of halogens is 1. The van der Waals surface area contributed by atoms with Crippen LogP contribution in [0.3, 0.4) is 0 Å². The van der Waals surface area contributed by atoms with Crippen LogP contribution in [0, 0.1) is 0 Å². The van der Waals surface area contributed by atoms with Crippen LogP contribution in [0.2, 0.25) is 5.02 Å². The second-order valence-corrected chi connectivity index (χ2v) is 3.44. The summed E-state index contributed by atoms with van der Waals surface area (Å²) in [4.78, 5) is 26.8. The fourth-order valence-electron chi connectivity index (χ4n) is 1.22. The fourth-order valence-corrected chi connectivity index (χ4v) is 1.41. The minimum absolute atomic E-state index is 0.0502. The maximum atomic E-state index is 11.2. The molecule has 0 aliphatic heterocycles. The van der Waals surface area contributed by atoms with Crippen LogP contribution >= 0.6 is 11.6 Å². The molecule has 78 valence electrons. The maximum absolute atomic E-state index is 11.2. The predicted molar refractivity (Wildman–Crippen MR) is 53.2 cm³/mol. The smallest absolute Gasteiger partial charge is 0.273 e. The molecule has 0 spiro atoms. The van der Waals surface area contributed by atoms with Gasteiger partial charge in [0.05, 0.1) is 7.05 Å². The average Bonchev–Trinajstić information content (AvgIpc) is 2.58. The topological polar surface area (TPSA) is 74.5 Å². The zero-order chi connectivity index (χ0) is 11.0. The molecule has 2 aromatic rings. The molecule has 0 amide bonds. The molecule has 0 saturated carbocycles. The van der Waals surface area contributed by atoms with Gasteiger partial charge in [-0.3, -0.25) is 14.8 Å². The molecule has 2 aromatic heterocycles. The molecule has 6 nitrogen and oxygen atoms in total. The highest BCUT2D eigenvalue weighted by Crippen LogP contribution is 2.09. The number of H-pyrrole nitrogens is 2. The van der Waals surface area contributed by atoms with Crippen molar-refractivity contribution in [3.63, 3.8) is 0 Å². The van der Waals surface area contributed by atoms with Crippen molar-refractivity contribution in [2.24, 2.45) is 7.05 Å². The molecule has 0 radical (unpaired) electrons. The molecule has 0 bridgehead atoms. The monoisotopic (exact) mass is 227 g/mol. The minimum atomic E-state index is -0.605. The van der Waals surface area contributed by atoms with E-state index >= 15 is 0 Å². The Hall–Kier alpha value is -1.82. The quantitative estimate of drug-likeness (QED) is 0.635. The fraction of sp³-hybridized carbons (Fsp3) is 0.125. The van der Waals surface area contributed by atoms with Gasteiger partial charge in [-0.05, 0) is 0 Å². The third kappa shape index (κ3) is 1.71. The summed E-state index contributed by atoms with van der Waals surface area (Å²) in [5, 5.41) is -0.0502. The third-order valence-electron chi connectivity index (χ3n) is 1.89. The van der Waals surface area contributed by atoms with E-state index in [0.29, 0.717) is 0 Å². The molecular formula is C8H8ClN4O2+. The van der Waals surface area contributed by atoms with E-state index in [1.807, 2.05) is 12.0 Å². The van der Waals surface area contributed by atoms with E-state index in [4.69, 9.17) is 11.6 Å². The summed E-state index contributed by atoms with van der Waals surface area (Å²) in [6, 6.07) is 0. The summed E-state index contributed by atoms with van der Waals surface area (Å²) < 4.78 is 3.31. The highest BCUT2D eigenvalue weighted by atomic mass is 35.5. The van der Waals surface area contributed by atoms with E-state index in [2.05, 4.69) is 4.98 Å². The Morgan fingerprint density at radius 1 is 1.40 bits per heavy atom. The Kier molecular flexibility index (Phi) is 2.20. The Balaban J connectivity index is 2.73. The lowest BCUT2D eigenvalue weighted by Gasteiger charge is -1.96. The van der Waals surface area contributed by atoms with E-state index in [1.54, 1.807) is 27.9 Å². The van der Waals surface area contributed by atoms with Crippen molar-refractivity contribution in [2.75, 3.05) is 0 Å². The second kappa shape index (κ2) is 3.39. The van der Waals surface area contributed by atoms with Crippen molar-refractivity contribution in [1.82, 2.24) is 14.5 Å². The molecule has 0 aliphatic carbocycles. The molecular weight excluding hydrogens is 220 g/mol. The lowest BCUT2D eigenvalue weighted by Crippen LogP contribution is -2.26. The number of rotatable bonds is 1. The van der Waals surface area contributed by atoms with Crippen LogP contribution in [0.4, 0.5) is 0 Å². The summed E-state index contributed by atoms with van der Waals surface area (Å²) in [5.41, 5.74) is -1.19. The van der Waals surface area contributed by atoms with E-state index in [9.17, 15) is 9.59 Å². The molecule has 0 unspecified atom stereocenters. The first-order valence-electron chi connectivity index (χ1n) is 4.13.